The number of benzene rings is 2. The van der Waals surface area contributed by atoms with Crippen LogP contribution in [0.1, 0.15) is 17.5 Å². The second-order valence-corrected chi connectivity index (χ2v) is 6.34. The Morgan fingerprint density at radius 1 is 1.08 bits per heavy atom. The molecule has 0 radical (unpaired) electrons. The predicted octanol–water partition coefficient (Wildman–Crippen LogP) is 2.60. The normalized spacial score (nSPS) is 11.0. The number of amides is 3. The van der Waals surface area contributed by atoms with Gasteiger partial charge in [0, 0.05) is 31.0 Å². The number of nitrogens with zero attached hydrogens (tertiary/aromatic N) is 2. The number of nitrogens with two attached hydrogens (primary N) is 1. The Hall–Kier alpha value is -2.95. The van der Waals surface area contributed by atoms with Gasteiger partial charge in [-0.2, -0.15) is 4.57 Å². The molecule has 2 aromatic carbocycles. The van der Waals surface area contributed by atoms with Crippen molar-refractivity contribution in [2.45, 2.75) is 19.8 Å². The standard InChI is InChI=1S/C20H21N3O2/c1-13-15-6-4-5-7-17(15)22(2)18-10-8-14(12-16(13)18)9-11-19(24)23(3)20(21)25/h4-8,10,12H,9,11H2,1-3H3,(H-,21,25)/p+1. The van der Waals surface area contributed by atoms with Crippen LogP contribution in [0, 0.1) is 6.92 Å². The molecule has 2 N–H and O–H groups in total. The SMILES string of the molecule is Cc1c2ccccc2[n+](C)c2ccc(CCC(=O)N(C)C(N)=O)cc12. The maximum Gasteiger partial charge on any atom is 0.321 e. The van der Waals surface area contributed by atoms with Gasteiger partial charge in [0.05, 0.1) is 5.39 Å². The minimum Gasteiger partial charge on any atom is -0.351 e. The maximum atomic E-state index is 11.9. The van der Waals surface area contributed by atoms with Crippen molar-refractivity contribution in [2.24, 2.45) is 12.8 Å². The molecule has 0 fully saturated rings. The molecule has 5 nitrogen and oxygen atoms in total. The van der Waals surface area contributed by atoms with Gasteiger partial charge in [0.2, 0.25) is 16.9 Å². The lowest BCUT2D eigenvalue weighted by atomic mass is 9.99. The summed E-state index contributed by atoms with van der Waals surface area (Å²) in [5.74, 6) is -0.270. The van der Waals surface area contributed by atoms with Gasteiger partial charge in [-0.05, 0) is 36.6 Å². The predicted molar refractivity (Wildman–Crippen MR) is 98.0 cm³/mol. The summed E-state index contributed by atoms with van der Waals surface area (Å²) < 4.78 is 2.19. The molecule has 1 heterocycles. The number of carbonyl (C=O) groups excluding carboxylic acids is 2. The number of aryl methyl sites for hydroxylation is 3. The van der Waals surface area contributed by atoms with Crippen LogP contribution in [0.15, 0.2) is 42.5 Å². The van der Waals surface area contributed by atoms with E-state index in [0.717, 1.165) is 16.0 Å². The molecule has 0 aliphatic carbocycles. The average Bonchev–Trinajstić information content (AvgIpc) is 2.63. The molecule has 0 saturated carbocycles. The smallest absolute Gasteiger partial charge is 0.321 e. The van der Waals surface area contributed by atoms with Crippen molar-refractivity contribution in [3.8, 4) is 0 Å². The van der Waals surface area contributed by atoms with Crippen LogP contribution in [0.25, 0.3) is 21.8 Å². The summed E-state index contributed by atoms with van der Waals surface area (Å²) in [5.41, 5.74) is 9.77. The Balaban J connectivity index is 1.97. The number of hydrogen-bond acceptors (Lipinski definition) is 2. The van der Waals surface area contributed by atoms with Gasteiger partial charge in [-0.15, -0.1) is 0 Å². The van der Waals surface area contributed by atoms with Gasteiger partial charge < -0.3 is 5.73 Å². The second-order valence-electron chi connectivity index (χ2n) is 6.34. The van der Waals surface area contributed by atoms with E-state index in [1.165, 1.54) is 28.9 Å². The molecule has 0 aliphatic heterocycles. The van der Waals surface area contributed by atoms with Crippen LogP contribution in [-0.2, 0) is 18.3 Å². The Bertz CT molecular complexity index is 995. The van der Waals surface area contributed by atoms with Crippen LogP contribution in [0.3, 0.4) is 0 Å². The lowest BCUT2D eigenvalue weighted by molar-refractivity contribution is -0.617. The number of carbonyl (C=O) groups is 2. The lowest BCUT2D eigenvalue weighted by Gasteiger charge is -2.12. The van der Waals surface area contributed by atoms with Gasteiger partial charge in [0.15, 0.2) is 0 Å². The quantitative estimate of drug-likeness (QED) is 0.590. The first-order valence-corrected chi connectivity index (χ1v) is 8.26. The molecule has 1 aromatic heterocycles. The van der Waals surface area contributed by atoms with E-state index in [1.807, 2.05) is 18.2 Å². The van der Waals surface area contributed by atoms with Gasteiger partial charge in [-0.1, -0.05) is 18.2 Å². The Morgan fingerprint density at radius 3 is 2.48 bits per heavy atom. The highest BCUT2D eigenvalue weighted by molar-refractivity contribution is 5.94. The molecular weight excluding hydrogens is 314 g/mol. The number of para-hydroxylation sites is 1. The van der Waals surface area contributed by atoms with Crippen LogP contribution in [-0.4, -0.2) is 23.9 Å². The van der Waals surface area contributed by atoms with E-state index in [4.69, 9.17) is 5.73 Å². The van der Waals surface area contributed by atoms with Crippen molar-refractivity contribution in [3.63, 3.8) is 0 Å². The molecule has 0 aliphatic rings. The molecule has 0 atom stereocenters. The monoisotopic (exact) mass is 336 g/mol. The maximum absolute atomic E-state index is 11.9. The highest BCUT2D eigenvalue weighted by Gasteiger charge is 2.17. The molecule has 25 heavy (non-hydrogen) atoms. The third-order valence-corrected chi connectivity index (χ3v) is 4.83. The highest BCUT2D eigenvalue weighted by Crippen LogP contribution is 2.25. The van der Waals surface area contributed by atoms with Crippen molar-refractivity contribution >= 4 is 33.7 Å². The molecule has 0 bridgehead atoms. The van der Waals surface area contributed by atoms with E-state index in [1.54, 1.807) is 0 Å². The number of imide groups is 1. The fraction of sp³-hybridized carbons (Fsp3) is 0.250. The van der Waals surface area contributed by atoms with Crippen molar-refractivity contribution in [3.05, 3.63) is 53.6 Å². The largest absolute Gasteiger partial charge is 0.351 e. The van der Waals surface area contributed by atoms with Crippen LogP contribution in [0.5, 0.6) is 0 Å². The molecule has 3 rings (SSSR count). The summed E-state index contributed by atoms with van der Waals surface area (Å²) in [6.07, 6.45) is 0.825. The van der Waals surface area contributed by atoms with Crippen LogP contribution < -0.4 is 10.3 Å². The average molecular weight is 336 g/mol. The summed E-state index contributed by atoms with van der Waals surface area (Å²) in [5, 5.41) is 2.40. The van der Waals surface area contributed by atoms with Gasteiger partial charge in [-0.25, -0.2) is 4.79 Å². The molecule has 0 saturated heterocycles. The van der Waals surface area contributed by atoms with Gasteiger partial charge >= 0.3 is 6.03 Å². The molecule has 5 heteroatoms. The number of primary amides is 1. The van der Waals surface area contributed by atoms with Crippen LogP contribution >= 0.6 is 0 Å². The van der Waals surface area contributed by atoms with Crippen molar-refractivity contribution in [1.29, 1.82) is 0 Å². The van der Waals surface area contributed by atoms with E-state index >= 15 is 0 Å². The number of hydrogen-bond donors (Lipinski definition) is 1. The van der Waals surface area contributed by atoms with Gasteiger partial charge in [-0.3, -0.25) is 9.69 Å². The summed E-state index contributed by atoms with van der Waals surface area (Å²) in [6, 6.07) is 13.9. The first-order valence-electron chi connectivity index (χ1n) is 8.26. The molecule has 0 unspecified atom stereocenters. The molecule has 0 spiro atoms. The molecule has 3 aromatic rings. The number of pyridine rings is 1. The summed E-state index contributed by atoms with van der Waals surface area (Å²) >= 11 is 0. The lowest BCUT2D eigenvalue weighted by Crippen LogP contribution is -2.37. The number of aromatic nitrogens is 1. The minimum atomic E-state index is -0.724. The first-order chi connectivity index (χ1) is 11.9. The molecule has 3 amide bonds. The third-order valence-electron chi connectivity index (χ3n) is 4.83. The highest BCUT2D eigenvalue weighted by atomic mass is 16.2. The van der Waals surface area contributed by atoms with Crippen molar-refractivity contribution in [1.82, 2.24) is 4.90 Å². The van der Waals surface area contributed by atoms with Crippen molar-refractivity contribution in [2.75, 3.05) is 7.05 Å². The Morgan fingerprint density at radius 2 is 1.76 bits per heavy atom. The van der Waals surface area contributed by atoms with Crippen molar-refractivity contribution < 1.29 is 14.2 Å². The second kappa shape index (κ2) is 6.51. The molecule has 128 valence electrons. The topological polar surface area (TPSA) is 67.3 Å². The zero-order valence-corrected chi connectivity index (χ0v) is 14.7. The minimum absolute atomic E-state index is 0.254. The zero-order chi connectivity index (χ0) is 18.1. The Labute approximate surface area is 146 Å². The molecular formula is C20H22N3O2+. The van der Waals surface area contributed by atoms with E-state index in [-0.39, 0.29) is 12.3 Å². The third kappa shape index (κ3) is 3.05. The van der Waals surface area contributed by atoms with Gasteiger partial charge in [0.1, 0.15) is 7.05 Å². The Kier molecular flexibility index (Phi) is 4.40. The van der Waals surface area contributed by atoms with E-state index in [2.05, 4.69) is 42.8 Å². The summed E-state index contributed by atoms with van der Waals surface area (Å²) in [4.78, 5) is 24.0. The number of rotatable bonds is 3. The first kappa shape index (κ1) is 16.9. The van der Waals surface area contributed by atoms with Crippen LogP contribution in [0.2, 0.25) is 0 Å². The van der Waals surface area contributed by atoms with E-state index in [9.17, 15) is 9.59 Å². The van der Waals surface area contributed by atoms with E-state index < -0.39 is 6.03 Å². The fourth-order valence-electron chi connectivity index (χ4n) is 3.23. The summed E-state index contributed by atoms with van der Waals surface area (Å²) in [6.45, 7) is 2.13. The summed E-state index contributed by atoms with van der Waals surface area (Å²) in [7, 11) is 3.47. The van der Waals surface area contributed by atoms with Gasteiger partial charge in [0.25, 0.3) is 0 Å². The zero-order valence-electron chi connectivity index (χ0n) is 14.7. The van der Waals surface area contributed by atoms with E-state index in [0.29, 0.717) is 6.42 Å². The van der Waals surface area contributed by atoms with Crippen LogP contribution in [0.4, 0.5) is 4.79 Å². The number of urea groups is 1. The number of fused-ring (bicyclic) bond motifs is 2. The fourth-order valence-corrected chi connectivity index (χ4v) is 3.23.